The summed E-state index contributed by atoms with van der Waals surface area (Å²) in [5.41, 5.74) is 2.07. The highest BCUT2D eigenvalue weighted by Gasteiger charge is 2.23. The number of nitrogens with one attached hydrogen (secondary N) is 2. The number of hydrazine groups is 1. The summed E-state index contributed by atoms with van der Waals surface area (Å²) in [6.07, 6.45) is 6.07. The van der Waals surface area contributed by atoms with Crippen molar-refractivity contribution in [3.8, 4) is 0 Å². The van der Waals surface area contributed by atoms with Gasteiger partial charge in [0.2, 0.25) is 5.91 Å². The molecule has 1 unspecified atom stereocenters. The van der Waals surface area contributed by atoms with Gasteiger partial charge in [0.05, 0.1) is 12.6 Å². The van der Waals surface area contributed by atoms with Gasteiger partial charge in [0.25, 0.3) is 5.91 Å². The Bertz CT molecular complexity index is 352. The van der Waals surface area contributed by atoms with Crippen LogP contribution < -0.4 is 16.6 Å². The maximum Gasteiger partial charge on any atom is 0.250 e. The number of nitrogens with two attached hydrogens (primary N) is 1. The molecule has 0 aromatic carbocycles. The van der Waals surface area contributed by atoms with E-state index in [0.29, 0.717) is 0 Å². The van der Waals surface area contributed by atoms with Gasteiger partial charge in [-0.1, -0.05) is 33.1 Å². The number of hydrogen-bond donors (Lipinski definition) is 3. The van der Waals surface area contributed by atoms with Gasteiger partial charge < -0.3 is 4.90 Å². The Labute approximate surface area is 134 Å². The zero-order chi connectivity index (χ0) is 16.5. The Morgan fingerprint density at radius 1 is 1.23 bits per heavy atom. The van der Waals surface area contributed by atoms with E-state index in [1.54, 1.807) is 6.92 Å². The minimum Gasteiger partial charge on any atom is -0.342 e. The van der Waals surface area contributed by atoms with Crippen LogP contribution in [0, 0.1) is 11.8 Å². The van der Waals surface area contributed by atoms with Crippen molar-refractivity contribution in [3.63, 3.8) is 0 Å². The van der Waals surface area contributed by atoms with E-state index in [-0.39, 0.29) is 18.4 Å². The number of likely N-dealkylation sites (tertiary alicyclic amines) is 1. The number of carbonyl (C=O) groups excluding carboxylic acids is 2. The Balaban J connectivity index is 2.20. The monoisotopic (exact) mass is 312 g/mol. The summed E-state index contributed by atoms with van der Waals surface area (Å²) in [5.74, 6) is 6.36. The Hall–Kier alpha value is -1.14. The zero-order valence-corrected chi connectivity index (χ0v) is 14.2. The quantitative estimate of drug-likeness (QED) is 0.355. The van der Waals surface area contributed by atoms with Crippen molar-refractivity contribution in [1.82, 2.24) is 15.6 Å². The molecule has 2 amide bonds. The lowest BCUT2D eigenvalue weighted by Gasteiger charge is -2.32. The van der Waals surface area contributed by atoms with Gasteiger partial charge in [-0.25, -0.2) is 5.84 Å². The van der Waals surface area contributed by atoms with Crippen LogP contribution in [0.3, 0.4) is 0 Å². The number of amides is 2. The second-order valence-electron chi connectivity index (χ2n) is 6.76. The topological polar surface area (TPSA) is 87.5 Å². The van der Waals surface area contributed by atoms with Crippen LogP contribution >= 0.6 is 0 Å². The van der Waals surface area contributed by atoms with Crippen LogP contribution in [-0.2, 0) is 9.59 Å². The van der Waals surface area contributed by atoms with Crippen molar-refractivity contribution in [3.05, 3.63) is 0 Å². The van der Waals surface area contributed by atoms with E-state index in [2.05, 4.69) is 24.6 Å². The third kappa shape index (κ3) is 6.75. The lowest BCUT2D eigenvalue weighted by atomic mass is 9.90. The summed E-state index contributed by atoms with van der Waals surface area (Å²) >= 11 is 0. The molecule has 1 atom stereocenters. The van der Waals surface area contributed by atoms with E-state index < -0.39 is 6.04 Å². The number of rotatable bonds is 8. The molecule has 0 spiro atoms. The molecule has 1 heterocycles. The van der Waals surface area contributed by atoms with E-state index in [9.17, 15) is 9.59 Å². The normalized spacial score (nSPS) is 17.6. The van der Waals surface area contributed by atoms with Gasteiger partial charge in [0, 0.05) is 13.1 Å². The molecule has 22 heavy (non-hydrogen) atoms. The van der Waals surface area contributed by atoms with Crippen molar-refractivity contribution >= 4 is 11.8 Å². The molecule has 0 aliphatic carbocycles. The summed E-state index contributed by atoms with van der Waals surface area (Å²) < 4.78 is 0. The third-order valence-electron chi connectivity index (χ3n) is 4.46. The summed E-state index contributed by atoms with van der Waals surface area (Å²) in [5, 5.41) is 2.91. The SMILES string of the molecule is CC(C)CCCC1CCN(C(=O)CNC(C)C(=O)NN)CC1. The van der Waals surface area contributed by atoms with Gasteiger partial charge in [-0.05, 0) is 31.6 Å². The van der Waals surface area contributed by atoms with E-state index in [0.717, 1.165) is 37.8 Å². The van der Waals surface area contributed by atoms with Crippen molar-refractivity contribution in [2.24, 2.45) is 17.7 Å². The summed E-state index contributed by atoms with van der Waals surface area (Å²) in [4.78, 5) is 25.3. The van der Waals surface area contributed by atoms with E-state index in [1.807, 2.05) is 4.90 Å². The summed E-state index contributed by atoms with van der Waals surface area (Å²) in [6.45, 7) is 8.08. The number of hydrogen-bond acceptors (Lipinski definition) is 4. The Kier molecular flexibility index (Phi) is 8.42. The van der Waals surface area contributed by atoms with Crippen LogP contribution in [0.5, 0.6) is 0 Å². The Morgan fingerprint density at radius 3 is 2.41 bits per heavy atom. The number of carbonyl (C=O) groups is 2. The average molecular weight is 312 g/mol. The molecule has 1 aliphatic rings. The molecule has 0 radical (unpaired) electrons. The first-order valence-corrected chi connectivity index (χ1v) is 8.45. The first-order valence-electron chi connectivity index (χ1n) is 8.45. The first kappa shape index (κ1) is 18.9. The molecule has 1 saturated heterocycles. The highest BCUT2D eigenvalue weighted by molar-refractivity contribution is 5.82. The van der Waals surface area contributed by atoms with Crippen molar-refractivity contribution in [2.45, 2.75) is 58.9 Å². The van der Waals surface area contributed by atoms with Crippen LogP contribution in [0.1, 0.15) is 52.9 Å². The van der Waals surface area contributed by atoms with Crippen LogP contribution in [0.15, 0.2) is 0 Å². The molecule has 6 nitrogen and oxygen atoms in total. The maximum absolute atomic E-state index is 12.1. The molecule has 1 rings (SSSR count). The van der Waals surface area contributed by atoms with Gasteiger partial charge in [-0.15, -0.1) is 0 Å². The van der Waals surface area contributed by atoms with Crippen molar-refractivity contribution in [1.29, 1.82) is 0 Å². The maximum atomic E-state index is 12.1. The van der Waals surface area contributed by atoms with Gasteiger partial charge in [0.1, 0.15) is 0 Å². The standard InChI is InChI=1S/C16H32N4O2/c1-12(2)5-4-6-14-7-9-20(10-8-14)15(21)11-18-13(3)16(22)19-17/h12-14,18H,4-11,17H2,1-3H3,(H,19,22). The zero-order valence-electron chi connectivity index (χ0n) is 14.2. The highest BCUT2D eigenvalue weighted by Crippen LogP contribution is 2.23. The molecule has 6 heteroatoms. The second-order valence-corrected chi connectivity index (χ2v) is 6.76. The fourth-order valence-corrected chi connectivity index (χ4v) is 2.86. The van der Waals surface area contributed by atoms with E-state index >= 15 is 0 Å². The minimum absolute atomic E-state index is 0.0669. The number of nitrogens with zero attached hydrogens (tertiary/aromatic N) is 1. The van der Waals surface area contributed by atoms with Gasteiger partial charge in [0.15, 0.2) is 0 Å². The Morgan fingerprint density at radius 2 is 1.86 bits per heavy atom. The lowest BCUT2D eigenvalue weighted by Crippen LogP contribution is -2.49. The van der Waals surface area contributed by atoms with Crippen LogP contribution in [0.25, 0.3) is 0 Å². The summed E-state index contributed by atoms with van der Waals surface area (Å²) in [7, 11) is 0. The lowest BCUT2D eigenvalue weighted by molar-refractivity contribution is -0.132. The molecule has 1 aliphatic heterocycles. The van der Waals surface area contributed by atoms with Crippen molar-refractivity contribution < 1.29 is 9.59 Å². The largest absolute Gasteiger partial charge is 0.342 e. The van der Waals surface area contributed by atoms with E-state index in [4.69, 9.17) is 5.84 Å². The van der Waals surface area contributed by atoms with Crippen molar-refractivity contribution in [2.75, 3.05) is 19.6 Å². The van der Waals surface area contributed by atoms with Gasteiger partial charge in [-0.3, -0.25) is 20.3 Å². The fraction of sp³-hybridized carbons (Fsp3) is 0.875. The molecule has 0 bridgehead atoms. The minimum atomic E-state index is -0.456. The predicted molar refractivity (Wildman–Crippen MR) is 87.8 cm³/mol. The molecule has 1 fully saturated rings. The van der Waals surface area contributed by atoms with Gasteiger partial charge in [-0.2, -0.15) is 0 Å². The highest BCUT2D eigenvalue weighted by atomic mass is 16.2. The van der Waals surface area contributed by atoms with Crippen LogP contribution in [0.4, 0.5) is 0 Å². The summed E-state index contributed by atoms with van der Waals surface area (Å²) in [6, 6.07) is -0.456. The van der Waals surface area contributed by atoms with E-state index in [1.165, 1.54) is 19.3 Å². The molecule has 0 aromatic heterocycles. The molecular weight excluding hydrogens is 280 g/mol. The molecular formula is C16H32N4O2. The third-order valence-corrected chi connectivity index (χ3v) is 4.46. The fourth-order valence-electron chi connectivity index (χ4n) is 2.86. The predicted octanol–water partition coefficient (Wildman–Crippen LogP) is 1.02. The molecule has 4 N–H and O–H groups in total. The second kappa shape index (κ2) is 9.79. The van der Waals surface area contributed by atoms with Crippen LogP contribution in [-0.4, -0.2) is 42.4 Å². The average Bonchev–Trinajstić information content (AvgIpc) is 2.51. The first-order chi connectivity index (χ1) is 10.4. The molecule has 0 aromatic rings. The molecule has 128 valence electrons. The molecule has 0 saturated carbocycles. The smallest absolute Gasteiger partial charge is 0.250 e. The van der Waals surface area contributed by atoms with Gasteiger partial charge >= 0.3 is 0 Å². The number of piperidine rings is 1. The van der Waals surface area contributed by atoms with Crippen LogP contribution in [0.2, 0.25) is 0 Å².